The van der Waals surface area contributed by atoms with E-state index in [0.717, 1.165) is 42.7 Å². The van der Waals surface area contributed by atoms with Crippen LogP contribution in [0.25, 0.3) is 11.0 Å². The lowest BCUT2D eigenvalue weighted by molar-refractivity contribution is 0.0712. The van der Waals surface area contributed by atoms with E-state index in [0.29, 0.717) is 17.4 Å². The van der Waals surface area contributed by atoms with E-state index >= 15 is 0 Å². The molecule has 1 aliphatic rings. The number of likely N-dealkylation sites (tertiary alicyclic amines) is 1. The zero-order valence-corrected chi connectivity index (χ0v) is 15.1. The SMILES string of the molecule is CC(C)c1cc(C2CCN(C(=O)c3ccc4nccnc4c3)CC2)[nH]n1. The minimum absolute atomic E-state index is 0.0727. The molecule has 4 rings (SSSR count). The van der Waals surface area contributed by atoms with Gasteiger partial charge in [0.25, 0.3) is 5.91 Å². The van der Waals surface area contributed by atoms with Gasteiger partial charge in [-0.05, 0) is 43.0 Å². The van der Waals surface area contributed by atoms with E-state index in [1.165, 1.54) is 5.69 Å². The Morgan fingerprint density at radius 3 is 2.54 bits per heavy atom. The van der Waals surface area contributed by atoms with Crippen molar-refractivity contribution in [2.45, 2.75) is 38.5 Å². The van der Waals surface area contributed by atoms with Crippen molar-refractivity contribution in [3.63, 3.8) is 0 Å². The van der Waals surface area contributed by atoms with Crippen LogP contribution in [-0.4, -0.2) is 44.1 Å². The number of nitrogens with one attached hydrogen (secondary N) is 1. The van der Waals surface area contributed by atoms with Crippen molar-refractivity contribution in [2.75, 3.05) is 13.1 Å². The first-order valence-electron chi connectivity index (χ1n) is 9.17. The predicted octanol–water partition coefficient (Wildman–Crippen LogP) is 3.50. The minimum atomic E-state index is 0.0727. The summed E-state index contributed by atoms with van der Waals surface area (Å²) in [5, 5.41) is 7.59. The third-order valence-electron chi connectivity index (χ3n) is 5.15. The highest BCUT2D eigenvalue weighted by Crippen LogP contribution is 2.29. The van der Waals surface area contributed by atoms with Crippen molar-refractivity contribution in [1.29, 1.82) is 0 Å². The minimum Gasteiger partial charge on any atom is -0.339 e. The van der Waals surface area contributed by atoms with Crippen LogP contribution in [0.15, 0.2) is 36.7 Å². The summed E-state index contributed by atoms with van der Waals surface area (Å²) in [6, 6.07) is 7.71. The summed E-state index contributed by atoms with van der Waals surface area (Å²) in [5.41, 5.74) is 4.55. The topological polar surface area (TPSA) is 74.8 Å². The van der Waals surface area contributed by atoms with Gasteiger partial charge in [-0.2, -0.15) is 5.10 Å². The highest BCUT2D eigenvalue weighted by atomic mass is 16.2. The Labute approximate surface area is 152 Å². The average Bonchev–Trinajstić information content (AvgIpc) is 3.18. The van der Waals surface area contributed by atoms with Crippen LogP contribution in [0, 0.1) is 0 Å². The fraction of sp³-hybridized carbons (Fsp3) is 0.400. The second-order valence-corrected chi connectivity index (χ2v) is 7.23. The lowest BCUT2D eigenvalue weighted by Gasteiger charge is -2.31. The molecule has 3 aromatic rings. The summed E-state index contributed by atoms with van der Waals surface area (Å²) < 4.78 is 0. The summed E-state index contributed by atoms with van der Waals surface area (Å²) in [6.07, 6.45) is 5.23. The third-order valence-corrected chi connectivity index (χ3v) is 5.15. The van der Waals surface area contributed by atoms with Gasteiger partial charge in [0.2, 0.25) is 0 Å². The largest absolute Gasteiger partial charge is 0.339 e. The molecule has 1 saturated heterocycles. The Kier molecular flexibility index (Phi) is 4.41. The Hall–Kier alpha value is -2.76. The highest BCUT2D eigenvalue weighted by molar-refractivity contribution is 5.97. The number of carbonyl (C=O) groups excluding carboxylic acids is 1. The van der Waals surface area contributed by atoms with Crippen LogP contribution in [0.3, 0.4) is 0 Å². The first kappa shape index (κ1) is 16.7. The quantitative estimate of drug-likeness (QED) is 0.785. The predicted molar refractivity (Wildman–Crippen MR) is 100 cm³/mol. The summed E-state index contributed by atoms with van der Waals surface area (Å²) in [5.74, 6) is 0.947. The van der Waals surface area contributed by atoms with Gasteiger partial charge in [-0.25, -0.2) is 0 Å². The van der Waals surface area contributed by atoms with Gasteiger partial charge in [0.1, 0.15) is 0 Å². The number of nitrogens with zero attached hydrogens (tertiary/aromatic N) is 4. The Morgan fingerprint density at radius 1 is 1.12 bits per heavy atom. The number of aromatic amines is 1. The third kappa shape index (κ3) is 3.19. The molecule has 1 aliphatic heterocycles. The maximum absolute atomic E-state index is 12.8. The number of hydrogen-bond donors (Lipinski definition) is 1. The molecule has 0 bridgehead atoms. The molecule has 0 saturated carbocycles. The average molecular weight is 349 g/mol. The molecule has 6 heteroatoms. The lowest BCUT2D eigenvalue weighted by Crippen LogP contribution is -2.38. The van der Waals surface area contributed by atoms with Crippen LogP contribution in [0.5, 0.6) is 0 Å². The van der Waals surface area contributed by atoms with Gasteiger partial charge in [-0.1, -0.05) is 13.8 Å². The van der Waals surface area contributed by atoms with E-state index in [1.807, 2.05) is 23.1 Å². The number of fused-ring (bicyclic) bond motifs is 1. The molecule has 134 valence electrons. The monoisotopic (exact) mass is 349 g/mol. The van der Waals surface area contributed by atoms with Gasteiger partial charge in [0, 0.05) is 42.7 Å². The van der Waals surface area contributed by atoms with Crippen molar-refractivity contribution in [2.24, 2.45) is 0 Å². The Morgan fingerprint density at radius 2 is 1.85 bits per heavy atom. The number of benzene rings is 1. The zero-order valence-electron chi connectivity index (χ0n) is 15.1. The summed E-state index contributed by atoms with van der Waals surface area (Å²) in [6.45, 7) is 5.82. The van der Waals surface area contributed by atoms with Crippen LogP contribution in [-0.2, 0) is 0 Å². The molecule has 0 unspecified atom stereocenters. The zero-order chi connectivity index (χ0) is 18.1. The van der Waals surface area contributed by atoms with Crippen LogP contribution in [0.2, 0.25) is 0 Å². The fourth-order valence-corrected chi connectivity index (χ4v) is 3.53. The number of hydrogen-bond acceptors (Lipinski definition) is 4. The van der Waals surface area contributed by atoms with Crippen molar-refractivity contribution < 1.29 is 4.79 Å². The summed E-state index contributed by atoms with van der Waals surface area (Å²) >= 11 is 0. The van der Waals surface area contributed by atoms with E-state index in [-0.39, 0.29) is 5.91 Å². The van der Waals surface area contributed by atoms with E-state index < -0.39 is 0 Å². The molecule has 26 heavy (non-hydrogen) atoms. The van der Waals surface area contributed by atoms with Gasteiger partial charge < -0.3 is 4.90 Å². The van der Waals surface area contributed by atoms with Gasteiger partial charge in [-0.3, -0.25) is 19.9 Å². The highest BCUT2D eigenvalue weighted by Gasteiger charge is 2.26. The molecule has 0 atom stereocenters. The molecule has 3 heterocycles. The molecular formula is C20H23N5O. The number of aromatic nitrogens is 4. The van der Waals surface area contributed by atoms with Crippen molar-refractivity contribution in [3.05, 3.63) is 53.6 Å². The number of carbonyl (C=O) groups is 1. The molecule has 1 aromatic carbocycles. The number of piperidine rings is 1. The van der Waals surface area contributed by atoms with E-state index in [9.17, 15) is 4.79 Å². The Balaban J connectivity index is 1.44. The smallest absolute Gasteiger partial charge is 0.253 e. The fourth-order valence-electron chi connectivity index (χ4n) is 3.53. The second kappa shape index (κ2) is 6.86. The second-order valence-electron chi connectivity index (χ2n) is 7.23. The summed E-state index contributed by atoms with van der Waals surface area (Å²) in [4.78, 5) is 23.3. The van der Waals surface area contributed by atoms with Gasteiger partial charge in [-0.15, -0.1) is 0 Å². The molecule has 1 fully saturated rings. The normalized spacial score (nSPS) is 15.7. The van der Waals surface area contributed by atoms with Gasteiger partial charge in [0.15, 0.2) is 0 Å². The Bertz CT molecular complexity index is 925. The molecule has 0 aliphatic carbocycles. The van der Waals surface area contributed by atoms with Gasteiger partial charge >= 0.3 is 0 Å². The molecule has 0 radical (unpaired) electrons. The number of amides is 1. The van der Waals surface area contributed by atoms with Gasteiger partial charge in [0.05, 0.1) is 16.7 Å². The van der Waals surface area contributed by atoms with Crippen LogP contribution >= 0.6 is 0 Å². The molecule has 6 nitrogen and oxygen atoms in total. The van der Waals surface area contributed by atoms with Crippen LogP contribution in [0.4, 0.5) is 0 Å². The van der Waals surface area contributed by atoms with Crippen molar-refractivity contribution in [3.8, 4) is 0 Å². The molecule has 2 aromatic heterocycles. The molecule has 1 N–H and O–H groups in total. The van der Waals surface area contributed by atoms with Crippen molar-refractivity contribution >= 4 is 16.9 Å². The first-order valence-corrected chi connectivity index (χ1v) is 9.17. The van der Waals surface area contributed by atoms with Crippen LogP contribution < -0.4 is 0 Å². The van der Waals surface area contributed by atoms with E-state index in [1.54, 1.807) is 12.4 Å². The molecule has 1 amide bonds. The number of rotatable bonds is 3. The molecule has 0 spiro atoms. The first-order chi connectivity index (χ1) is 12.6. The van der Waals surface area contributed by atoms with Crippen LogP contribution in [0.1, 0.15) is 60.3 Å². The maximum atomic E-state index is 12.8. The standard InChI is InChI=1S/C20H23N5O/c1-13(2)17-12-18(24-23-17)14-5-9-25(10-6-14)20(26)15-3-4-16-19(11-15)22-8-7-21-16/h3-4,7-8,11-14H,5-6,9-10H2,1-2H3,(H,23,24). The maximum Gasteiger partial charge on any atom is 0.253 e. The summed E-state index contributed by atoms with van der Waals surface area (Å²) in [7, 11) is 0. The van der Waals surface area contributed by atoms with E-state index in [4.69, 9.17) is 0 Å². The molecular weight excluding hydrogens is 326 g/mol. The van der Waals surface area contributed by atoms with Crippen molar-refractivity contribution in [1.82, 2.24) is 25.1 Å². The lowest BCUT2D eigenvalue weighted by atomic mass is 9.92. The number of H-pyrrole nitrogens is 1. The van der Waals surface area contributed by atoms with E-state index in [2.05, 4.69) is 40.1 Å².